The first kappa shape index (κ1) is 32.7. The standard InChI is InChI=1S/C33H34F7N3O2/c1-20-6-2-10-26(34)28(20)31(45)43-17-4-9-25(30(44)41-24-8-3-7-23(18-24)32(35,36)37)29(43)22-14-12-21(13-15-22)19-42-16-5-11-27(42)33(38,39)40/h2-3,6-8,10,12-14,18,22,25,27,29H,4-5,9,11,15-17,19H2,1H3,(H,41,44)/t22?,25?,27?,29-/m0/s1. The van der Waals surface area contributed by atoms with Gasteiger partial charge in [-0.1, -0.05) is 36.4 Å². The van der Waals surface area contributed by atoms with Gasteiger partial charge in [-0.25, -0.2) is 4.39 Å². The van der Waals surface area contributed by atoms with E-state index in [4.69, 9.17) is 0 Å². The number of benzene rings is 2. The molecule has 45 heavy (non-hydrogen) atoms. The van der Waals surface area contributed by atoms with E-state index in [-0.39, 0.29) is 30.8 Å². The van der Waals surface area contributed by atoms with Crippen molar-refractivity contribution in [3.8, 4) is 0 Å². The van der Waals surface area contributed by atoms with Gasteiger partial charge in [0.25, 0.3) is 5.91 Å². The summed E-state index contributed by atoms with van der Waals surface area (Å²) in [6, 6.07) is 6.25. The molecule has 0 saturated carbocycles. The van der Waals surface area contributed by atoms with Gasteiger partial charge in [0.05, 0.1) is 23.1 Å². The molecular weight excluding hydrogens is 603 g/mol. The molecule has 0 spiro atoms. The lowest BCUT2D eigenvalue weighted by Crippen LogP contribution is -2.55. The molecule has 2 amide bonds. The van der Waals surface area contributed by atoms with Crippen LogP contribution >= 0.6 is 0 Å². The lowest BCUT2D eigenvalue weighted by atomic mass is 9.77. The Kier molecular flexibility index (Phi) is 9.44. The molecule has 2 heterocycles. The van der Waals surface area contributed by atoms with Gasteiger partial charge in [-0.05, 0) is 81.0 Å². The summed E-state index contributed by atoms with van der Waals surface area (Å²) >= 11 is 0. The molecule has 3 unspecified atom stereocenters. The van der Waals surface area contributed by atoms with Crippen molar-refractivity contribution in [2.45, 2.75) is 63.5 Å². The van der Waals surface area contributed by atoms with Crippen molar-refractivity contribution in [1.29, 1.82) is 0 Å². The quantitative estimate of drug-likeness (QED) is 0.333. The van der Waals surface area contributed by atoms with Crippen LogP contribution in [0.1, 0.15) is 53.6 Å². The second kappa shape index (κ2) is 13.0. The Balaban J connectivity index is 1.41. The van der Waals surface area contributed by atoms with Crippen LogP contribution in [0.25, 0.3) is 0 Å². The van der Waals surface area contributed by atoms with Crippen molar-refractivity contribution in [2.24, 2.45) is 11.8 Å². The second-order valence-electron chi connectivity index (χ2n) is 11.9. The van der Waals surface area contributed by atoms with Gasteiger partial charge in [0, 0.05) is 24.7 Å². The van der Waals surface area contributed by atoms with Crippen LogP contribution in [0.3, 0.4) is 0 Å². The van der Waals surface area contributed by atoms with Crippen LogP contribution in [0.15, 0.2) is 66.3 Å². The maximum absolute atomic E-state index is 14.9. The number of halogens is 7. The van der Waals surface area contributed by atoms with Crippen molar-refractivity contribution in [3.05, 3.63) is 88.8 Å². The number of likely N-dealkylation sites (tertiary alicyclic amines) is 2. The minimum atomic E-state index is -4.61. The Morgan fingerprint density at radius 3 is 2.38 bits per heavy atom. The van der Waals surface area contributed by atoms with Gasteiger partial charge in [-0.15, -0.1) is 0 Å². The van der Waals surface area contributed by atoms with Gasteiger partial charge in [0.15, 0.2) is 0 Å². The highest BCUT2D eigenvalue weighted by Gasteiger charge is 2.46. The molecule has 2 aromatic carbocycles. The van der Waals surface area contributed by atoms with E-state index < -0.39 is 59.5 Å². The van der Waals surface area contributed by atoms with E-state index in [0.717, 1.165) is 12.1 Å². The third-order valence-electron chi connectivity index (χ3n) is 8.95. The highest BCUT2D eigenvalue weighted by atomic mass is 19.4. The average Bonchev–Trinajstić information content (AvgIpc) is 3.46. The normalized spacial score (nSPS) is 24.4. The molecule has 2 fully saturated rings. The Morgan fingerprint density at radius 1 is 0.978 bits per heavy atom. The number of carbonyl (C=O) groups is 2. The predicted octanol–water partition coefficient (Wildman–Crippen LogP) is 7.54. The van der Waals surface area contributed by atoms with E-state index in [9.17, 15) is 40.3 Å². The number of nitrogens with one attached hydrogen (secondary N) is 1. The smallest absolute Gasteiger partial charge is 0.334 e. The summed E-state index contributed by atoms with van der Waals surface area (Å²) in [6.07, 6.45) is -2.10. The number of aryl methyl sites for hydroxylation is 1. The van der Waals surface area contributed by atoms with Crippen LogP contribution in [0.4, 0.5) is 36.4 Å². The zero-order chi connectivity index (χ0) is 32.5. The largest absolute Gasteiger partial charge is 0.416 e. The van der Waals surface area contributed by atoms with Crippen LogP contribution < -0.4 is 5.32 Å². The number of hydrogen-bond donors (Lipinski definition) is 1. The van der Waals surface area contributed by atoms with Crippen LogP contribution in [-0.2, 0) is 11.0 Å². The Morgan fingerprint density at radius 2 is 1.71 bits per heavy atom. The van der Waals surface area contributed by atoms with Crippen molar-refractivity contribution in [3.63, 3.8) is 0 Å². The molecule has 4 atom stereocenters. The number of hydrogen-bond acceptors (Lipinski definition) is 3. The summed E-state index contributed by atoms with van der Waals surface area (Å²) in [5.41, 5.74) is 0.00956. The number of anilines is 1. The third kappa shape index (κ3) is 7.26. The van der Waals surface area contributed by atoms with Crippen molar-refractivity contribution < 1.29 is 40.3 Å². The molecule has 0 bridgehead atoms. The summed E-state index contributed by atoms with van der Waals surface area (Å²) in [5.74, 6) is -3.17. The van der Waals surface area contributed by atoms with Crippen molar-refractivity contribution in [1.82, 2.24) is 9.80 Å². The Labute approximate surface area is 256 Å². The second-order valence-corrected chi connectivity index (χ2v) is 11.9. The predicted molar refractivity (Wildman–Crippen MR) is 155 cm³/mol. The van der Waals surface area contributed by atoms with E-state index >= 15 is 0 Å². The third-order valence-corrected chi connectivity index (χ3v) is 8.95. The Bertz CT molecular complexity index is 1460. The lowest BCUT2D eigenvalue weighted by Gasteiger charge is -2.44. The topological polar surface area (TPSA) is 52.7 Å². The first-order valence-corrected chi connectivity index (χ1v) is 15.0. The number of piperidine rings is 1. The zero-order valence-corrected chi connectivity index (χ0v) is 24.6. The molecule has 2 saturated heterocycles. The van der Waals surface area contributed by atoms with Gasteiger partial charge in [0.2, 0.25) is 5.91 Å². The Hall–Kier alpha value is -3.67. The molecule has 2 aromatic rings. The number of amides is 2. The SMILES string of the molecule is Cc1cccc(F)c1C(=O)N1CCCC(C(=O)Nc2cccc(C(F)(F)F)c2)[C@@H]1C1C=CC(CN2CCCC2C(F)(F)F)=CC1. The molecular formula is C33H34F7N3O2. The number of carbonyl (C=O) groups excluding carboxylic acids is 2. The average molecular weight is 638 g/mol. The first-order valence-electron chi connectivity index (χ1n) is 15.0. The van der Waals surface area contributed by atoms with Gasteiger partial charge < -0.3 is 10.2 Å². The van der Waals surface area contributed by atoms with Gasteiger partial charge in [-0.3, -0.25) is 14.5 Å². The molecule has 3 aliphatic rings. The summed E-state index contributed by atoms with van der Waals surface area (Å²) in [7, 11) is 0. The number of rotatable bonds is 6. The van der Waals surface area contributed by atoms with Gasteiger partial charge >= 0.3 is 12.4 Å². The van der Waals surface area contributed by atoms with Crippen molar-refractivity contribution in [2.75, 3.05) is 25.0 Å². The molecule has 0 aromatic heterocycles. The minimum Gasteiger partial charge on any atom is -0.334 e. The fraction of sp³-hybridized carbons (Fsp3) is 0.455. The zero-order valence-electron chi connectivity index (χ0n) is 24.6. The molecule has 1 N–H and O–H groups in total. The van der Waals surface area contributed by atoms with Crippen LogP contribution in [-0.4, -0.2) is 59.5 Å². The lowest BCUT2D eigenvalue weighted by molar-refractivity contribution is -0.174. The van der Waals surface area contributed by atoms with E-state index in [1.54, 1.807) is 25.1 Å². The van der Waals surface area contributed by atoms with E-state index in [1.807, 2.05) is 6.08 Å². The number of alkyl halides is 6. The summed E-state index contributed by atoms with van der Waals surface area (Å²) < 4.78 is 95.4. The summed E-state index contributed by atoms with van der Waals surface area (Å²) in [6.45, 7) is 2.26. The highest BCUT2D eigenvalue weighted by Crippen LogP contribution is 2.38. The maximum atomic E-state index is 14.9. The molecule has 5 nitrogen and oxygen atoms in total. The molecule has 5 rings (SSSR count). The molecule has 242 valence electrons. The fourth-order valence-electron chi connectivity index (χ4n) is 6.80. The van der Waals surface area contributed by atoms with Crippen LogP contribution in [0.2, 0.25) is 0 Å². The maximum Gasteiger partial charge on any atom is 0.416 e. The highest BCUT2D eigenvalue weighted by molar-refractivity contribution is 5.98. The molecule has 12 heteroatoms. The minimum absolute atomic E-state index is 0.0421. The first-order chi connectivity index (χ1) is 21.2. The van der Waals surface area contributed by atoms with E-state index in [1.165, 1.54) is 34.1 Å². The number of nitrogens with zero attached hydrogens (tertiary/aromatic N) is 2. The van der Waals surface area contributed by atoms with Gasteiger partial charge in [-0.2, -0.15) is 26.3 Å². The van der Waals surface area contributed by atoms with E-state index in [2.05, 4.69) is 5.32 Å². The fourth-order valence-corrected chi connectivity index (χ4v) is 6.80. The van der Waals surface area contributed by atoms with Crippen LogP contribution in [0, 0.1) is 24.6 Å². The monoisotopic (exact) mass is 637 g/mol. The van der Waals surface area contributed by atoms with Crippen LogP contribution in [0.5, 0.6) is 0 Å². The molecule has 0 radical (unpaired) electrons. The van der Waals surface area contributed by atoms with Crippen molar-refractivity contribution >= 4 is 17.5 Å². The van der Waals surface area contributed by atoms with Gasteiger partial charge in [0.1, 0.15) is 11.9 Å². The summed E-state index contributed by atoms with van der Waals surface area (Å²) in [4.78, 5) is 30.4. The molecule has 2 aliphatic heterocycles. The van der Waals surface area contributed by atoms with E-state index in [0.29, 0.717) is 43.4 Å². The summed E-state index contributed by atoms with van der Waals surface area (Å²) in [5, 5.41) is 2.59. The molecule has 1 aliphatic carbocycles. The number of allylic oxidation sites excluding steroid dienone is 1.